The molecule has 0 bridgehead atoms. The van der Waals surface area contributed by atoms with E-state index >= 15 is 0 Å². The maximum Gasteiger partial charge on any atom is 0.416 e. The molecule has 0 aromatic heterocycles. The molecule has 0 radical (unpaired) electrons. The zero-order chi connectivity index (χ0) is 15.6. The summed E-state index contributed by atoms with van der Waals surface area (Å²) < 4.78 is 37.6. The van der Waals surface area contributed by atoms with Gasteiger partial charge >= 0.3 is 6.18 Å². The van der Waals surface area contributed by atoms with Crippen molar-refractivity contribution < 1.29 is 18.0 Å². The Labute approximate surface area is 116 Å². The van der Waals surface area contributed by atoms with Crippen molar-refractivity contribution in [2.24, 2.45) is 11.1 Å². The Bertz CT molecular complexity index is 478. The molecule has 1 aromatic rings. The molecule has 0 saturated carbocycles. The Kier molecular flexibility index (Phi) is 4.81. The molecule has 1 rings (SSSR count). The summed E-state index contributed by atoms with van der Waals surface area (Å²) in [6.45, 7) is 5.48. The van der Waals surface area contributed by atoms with Gasteiger partial charge in [0.1, 0.15) is 0 Å². The lowest BCUT2D eigenvalue weighted by Gasteiger charge is -2.25. The Morgan fingerprint density at radius 2 is 1.90 bits per heavy atom. The molecule has 1 amide bonds. The summed E-state index contributed by atoms with van der Waals surface area (Å²) in [6, 6.07) is 4.13. The summed E-state index contributed by atoms with van der Waals surface area (Å²) in [6.07, 6.45) is -4.39. The van der Waals surface area contributed by atoms with Gasteiger partial charge in [-0.1, -0.05) is 32.9 Å². The van der Waals surface area contributed by atoms with Crippen LogP contribution < -0.4 is 11.1 Å². The van der Waals surface area contributed by atoms with Gasteiger partial charge in [-0.2, -0.15) is 13.2 Å². The molecule has 0 aliphatic rings. The lowest BCUT2D eigenvalue weighted by Crippen LogP contribution is -2.48. The Morgan fingerprint density at radius 1 is 1.30 bits per heavy atom. The fraction of sp³-hybridized carbons (Fsp3) is 0.500. The molecule has 0 aliphatic carbocycles. The van der Waals surface area contributed by atoms with Gasteiger partial charge in [0.2, 0.25) is 5.91 Å². The third-order valence-electron chi connectivity index (χ3n) is 2.94. The maximum atomic E-state index is 12.5. The van der Waals surface area contributed by atoms with Gasteiger partial charge in [0.05, 0.1) is 11.6 Å². The highest BCUT2D eigenvalue weighted by Crippen LogP contribution is 2.29. The first-order valence-corrected chi connectivity index (χ1v) is 6.21. The van der Waals surface area contributed by atoms with Crippen molar-refractivity contribution in [2.45, 2.75) is 39.5 Å². The van der Waals surface area contributed by atoms with Crippen LogP contribution in [0.5, 0.6) is 0 Å². The van der Waals surface area contributed by atoms with E-state index in [4.69, 9.17) is 5.73 Å². The van der Waals surface area contributed by atoms with Crippen molar-refractivity contribution in [3.63, 3.8) is 0 Å². The van der Waals surface area contributed by atoms with Crippen molar-refractivity contribution >= 4 is 5.91 Å². The van der Waals surface area contributed by atoms with Crippen LogP contribution in [0, 0.1) is 5.41 Å². The van der Waals surface area contributed by atoms with Crippen LogP contribution >= 0.6 is 0 Å². The molecule has 1 aromatic carbocycles. The first kappa shape index (κ1) is 16.5. The predicted octanol–water partition coefficient (Wildman–Crippen LogP) is 2.70. The summed E-state index contributed by atoms with van der Waals surface area (Å²) in [5.74, 6) is -0.380. The number of nitrogens with two attached hydrogens (primary N) is 1. The van der Waals surface area contributed by atoms with Crippen LogP contribution in [0.4, 0.5) is 13.2 Å². The molecule has 0 saturated heterocycles. The summed E-state index contributed by atoms with van der Waals surface area (Å²) in [7, 11) is 0. The highest BCUT2D eigenvalue weighted by Gasteiger charge is 2.30. The van der Waals surface area contributed by atoms with Gasteiger partial charge in [0, 0.05) is 6.54 Å². The summed E-state index contributed by atoms with van der Waals surface area (Å²) in [4.78, 5) is 11.8. The molecule has 0 heterocycles. The maximum absolute atomic E-state index is 12.5. The van der Waals surface area contributed by atoms with Gasteiger partial charge < -0.3 is 11.1 Å². The van der Waals surface area contributed by atoms with Crippen LogP contribution in [0.3, 0.4) is 0 Å². The van der Waals surface area contributed by atoms with Crippen LogP contribution in [0.15, 0.2) is 24.3 Å². The first-order chi connectivity index (χ1) is 9.01. The van der Waals surface area contributed by atoms with E-state index in [2.05, 4.69) is 5.32 Å². The predicted molar refractivity (Wildman–Crippen MR) is 70.7 cm³/mol. The molecule has 3 nitrogen and oxygen atoms in total. The highest BCUT2D eigenvalue weighted by molar-refractivity contribution is 5.82. The van der Waals surface area contributed by atoms with Gasteiger partial charge in [0.15, 0.2) is 0 Å². The van der Waals surface area contributed by atoms with Crippen molar-refractivity contribution in [2.75, 3.05) is 0 Å². The molecule has 0 spiro atoms. The number of nitrogens with one attached hydrogen (secondary N) is 1. The second-order valence-electron chi connectivity index (χ2n) is 5.76. The monoisotopic (exact) mass is 288 g/mol. The first-order valence-electron chi connectivity index (χ1n) is 6.21. The van der Waals surface area contributed by atoms with E-state index < -0.39 is 23.2 Å². The molecule has 0 aliphatic heterocycles. The minimum atomic E-state index is -4.39. The second-order valence-corrected chi connectivity index (χ2v) is 5.76. The van der Waals surface area contributed by atoms with E-state index in [0.29, 0.717) is 5.56 Å². The van der Waals surface area contributed by atoms with Crippen molar-refractivity contribution in [3.05, 3.63) is 35.4 Å². The third-order valence-corrected chi connectivity index (χ3v) is 2.94. The normalized spacial score (nSPS) is 13.9. The molecule has 3 N–H and O–H groups in total. The standard InChI is InChI=1S/C14H19F3N2O/c1-13(2,3)11(18)12(20)19-8-9-5-4-6-10(7-9)14(15,16)17/h4-7,11H,8,18H2,1-3H3,(H,19,20). The topological polar surface area (TPSA) is 55.1 Å². The Hall–Kier alpha value is -1.56. The number of amides is 1. The summed E-state index contributed by atoms with van der Waals surface area (Å²) >= 11 is 0. The Morgan fingerprint density at radius 3 is 2.40 bits per heavy atom. The van der Waals surface area contributed by atoms with Gasteiger partial charge in [-0.05, 0) is 23.1 Å². The number of hydrogen-bond acceptors (Lipinski definition) is 2. The van der Waals surface area contributed by atoms with Crippen molar-refractivity contribution in [1.82, 2.24) is 5.32 Å². The zero-order valence-electron chi connectivity index (χ0n) is 11.7. The van der Waals surface area contributed by atoms with Gasteiger partial charge in [-0.3, -0.25) is 4.79 Å². The summed E-state index contributed by atoms with van der Waals surface area (Å²) in [5.41, 5.74) is 5.01. The largest absolute Gasteiger partial charge is 0.416 e. The molecular formula is C14H19F3N2O. The number of halogens is 3. The van der Waals surface area contributed by atoms with E-state index in [0.717, 1.165) is 12.1 Å². The minimum absolute atomic E-state index is 0.0204. The van der Waals surface area contributed by atoms with Gasteiger partial charge in [-0.25, -0.2) is 0 Å². The van der Waals surface area contributed by atoms with Crippen molar-refractivity contribution in [3.8, 4) is 0 Å². The Balaban J connectivity index is 2.70. The molecule has 6 heteroatoms. The number of benzene rings is 1. The number of alkyl halides is 3. The average Bonchev–Trinajstić information content (AvgIpc) is 2.33. The van der Waals surface area contributed by atoms with E-state index in [1.807, 2.05) is 20.8 Å². The number of rotatable bonds is 3. The van der Waals surface area contributed by atoms with Crippen LogP contribution in [0.1, 0.15) is 31.9 Å². The molecular weight excluding hydrogens is 269 g/mol. The fourth-order valence-electron chi connectivity index (χ4n) is 1.55. The summed E-state index contributed by atoms with van der Waals surface area (Å²) in [5, 5.41) is 2.55. The number of carbonyl (C=O) groups excluding carboxylic acids is 1. The van der Waals surface area contributed by atoms with Crippen molar-refractivity contribution in [1.29, 1.82) is 0 Å². The van der Waals surface area contributed by atoms with Gasteiger partial charge in [-0.15, -0.1) is 0 Å². The number of carbonyl (C=O) groups is 1. The van der Waals surface area contributed by atoms with E-state index in [1.54, 1.807) is 0 Å². The van der Waals surface area contributed by atoms with Crippen LogP contribution in [-0.2, 0) is 17.5 Å². The molecule has 1 unspecified atom stereocenters. The van der Waals surface area contributed by atoms with Gasteiger partial charge in [0.25, 0.3) is 0 Å². The fourth-order valence-corrected chi connectivity index (χ4v) is 1.55. The molecule has 1 atom stereocenters. The van der Waals surface area contributed by atoms with Crippen LogP contribution in [0.25, 0.3) is 0 Å². The quantitative estimate of drug-likeness (QED) is 0.898. The molecule has 112 valence electrons. The average molecular weight is 288 g/mol. The van der Waals surface area contributed by atoms with E-state index in [9.17, 15) is 18.0 Å². The highest BCUT2D eigenvalue weighted by atomic mass is 19.4. The zero-order valence-corrected chi connectivity index (χ0v) is 11.7. The molecule has 20 heavy (non-hydrogen) atoms. The minimum Gasteiger partial charge on any atom is -0.351 e. The van der Waals surface area contributed by atoms with E-state index in [-0.39, 0.29) is 12.5 Å². The molecule has 0 fully saturated rings. The third kappa shape index (κ3) is 4.52. The lowest BCUT2D eigenvalue weighted by molar-refractivity contribution is -0.137. The van der Waals surface area contributed by atoms with E-state index in [1.165, 1.54) is 12.1 Å². The lowest BCUT2D eigenvalue weighted by atomic mass is 9.87. The van der Waals surface area contributed by atoms with Crippen LogP contribution in [-0.4, -0.2) is 11.9 Å². The number of hydrogen-bond donors (Lipinski definition) is 2. The SMILES string of the molecule is CC(C)(C)C(N)C(=O)NCc1cccc(C(F)(F)F)c1. The smallest absolute Gasteiger partial charge is 0.351 e. The van der Waals surface area contributed by atoms with Crippen LogP contribution in [0.2, 0.25) is 0 Å². The second kappa shape index (κ2) is 5.83.